The molecule has 1 atom stereocenters. The van der Waals surface area contributed by atoms with E-state index in [1.807, 2.05) is 18.5 Å². The van der Waals surface area contributed by atoms with Gasteiger partial charge in [0.15, 0.2) is 5.82 Å². The molecule has 1 saturated heterocycles. The van der Waals surface area contributed by atoms with Crippen LogP contribution in [0.1, 0.15) is 34.9 Å². The van der Waals surface area contributed by atoms with Gasteiger partial charge in [0, 0.05) is 23.8 Å². The van der Waals surface area contributed by atoms with Crippen LogP contribution in [0.3, 0.4) is 0 Å². The van der Waals surface area contributed by atoms with Crippen LogP contribution in [-0.2, 0) is 0 Å². The summed E-state index contributed by atoms with van der Waals surface area (Å²) in [6.07, 6.45) is 6.13. The molecule has 0 bridgehead atoms. The van der Waals surface area contributed by atoms with Gasteiger partial charge in [-0.3, -0.25) is 4.98 Å². The molecule has 4 aromatic heterocycles. The van der Waals surface area contributed by atoms with Gasteiger partial charge >= 0.3 is 0 Å². The summed E-state index contributed by atoms with van der Waals surface area (Å²) in [7, 11) is 0. The van der Waals surface area contributed by atoms with Crippen molar-refractivity contribution in [2.45, 2.75) is 32.7 Å². The van der Waals surface area contributed by atoms with Crippen LogP contribution >= 0.6 is 22.7 Å². The SMILES string of the molecule is Cc1sc2nc(-c3cccs3)nc(N3CCCC3c3cccnc3)c2c1C. The number of pyridine rings is 1. The first-order valence-corrected chi connectivity index (χ1v) is 10.9. The second kappa shape index (κ2) is 6.69. The van der Waals surface area contributed by atoms with Crippen LogP contribution in [0.2, 0.25) is 0 Å². The first-order valence-electron chi connectivity index (χ1n) is 9.20. The lowest BCUT2D eigenvalue weighted by molar-refractivity contribution is 0.710. The van der Waals surface area contributed by atoms with Gasteiger partial charge < -0.3 is 4.90 Å². The van der Waals surface area contributed by atoms with E-state index in [0.717, 1.165) is 34.3 Å². The number of hydrogen-bond acceptors (Lipinski definition) is 6. The molecule has 1 aliphatic heterocycles. The van der Waals surface area contributed by atoms with Gasteiger partial charge in [-0.2, -0.15) is 0 Å². The Morgan fingerprint density at radius 1 is 1.15 bits per heavy atom. The van der Waals surface area contributed by atoms with Crippen LogP contribution in [0.4, 0.5) is 5.82 Å². The Balaban J connectivity index is 1.71. The first kappa shape index (κ1) is 16.8. The number of nitrogens with zero attached hydrogens (tertiary/aromatic N) is 4. The first-order chi connectivity index (χ1) is 13.2. The van der Waals surface area contributed by atoms with Gasteiger partial charge in [-0.05, 0) is 55.3 Å². The summed E-state index contributed by atoms with van der Waals surface area (Å²) in [6.45, 7) is 5.39. The highest BCUT2D eigenvalue weighted by Gasteiger charge is 2.30. The smallest absolute Gasteiger partial charge is 0.173 e. The third kappa shape index (κ3) is 2.84. The minimum atomic E-state index is 0.326. The number of anilines is 1. The molecule has 0 N–H and O–H groups in total. The lowest BCUT2D eigenvalue weighted by Crippen LogP contribution is -2.24. The molecule has 0 aromatic carbocycles. The highest BCUT2D eigenvalue weighted by molar-refractivity contribution is 7.19. The number of rotatable bonds is 3. The number of aromatic nitrogens is 3. The fourth-order valence-electron chi connectivity index (χ4n) is 3.89. The van der Waals surface area contributed by atoms with Gasteiger partial charge in [0.2, 0.25) is 0 Å². The largest absolute Gasteiger partial charge is 0.349 e. The van der Waals surface area contributed by atoms with E-state index in [-0.39, 0.29) is 0 Å². The van der Waals surface area contributed by atoms with E-state index in [4.69, 9.17) is 9.97 Å². The van der Waals surface area contributed by atoms with Crippen LogP contribution < -0.4 is 4.90 Å². The average Bonchev–Trinajstić information content (AvgIpc) is 3.43. The molecule has 1 fully saturated rings. The summed E-state index contributed by atoms with van der Waals surface area (Å²) in [5, 5.41) is 3.30. The molecule has 0 radical (unpaired) electrons. The molecule has 0 amide bonds. The van der Waals surface area contributed by atoms with Crippen molar-refractivity contribution in [3.8, 4) is 10.7 Å². The van der Waals surface area contributed by atoms with E-state index < -0.39 is 0 Å². The molecule has 0 aliphatic carbocycles. The van der Waals surface area contributed by atoms with Crippen molar-refractivity contribution in [1.29, 1.82) is 0 Å². The maximum absolute atomic E-state index is 5.09. The van der Waals surface area contributed by atoms with E-state index >= 15 is 0 Å². The Hall–Kier alpha value is -2.31. The number of fused-ring (bicyclic) bond motifs is 1. The van der Waals surface area contributed by atoms with Crippen LogP contribution in [-0.4, -0.2) is 21.5 Å². The lowest BCUT2D eigenvalue weighted by atomic mass is 10.1. The minimum absolute atomic E-state index is 0.326. The topological polar surface area (TPSA) is 41.9 Å². The van der Waals surface area contributed by atoms with Crippen molar-refractivity contribution in [2.24, 2.45) is 0 Å². The zero-order chi connectivity index (χ0) is 18.4. The molecule has 0 saturated carbocycles. The second-order valence-corrected chi connectivity index (χ2v) is 9.10. The van der Waals surface area contributed by atoms with E-state index in [2.05, 4.69) is 47.3 Å². The van der Waals surface area contributed by atoms with Gasteiger partial charge in [0.05, 0.1) is 16.3 Å². The standard InChI is InChI=1S/C21H20N4S2/c1-13-14(2)27-21-18(13)20(23-19(24-21)17-8-5-11-26-17)25-10-4-7-16(25)15-6-3-9-22-12-15/h3,5-6,8-9,11-12,16H,4,7,10H2,1-2H3. The second-order valence-electron chi connectivity index (χ2n) is 6.95. The monoisotopic (exact) mass is 392 g/mol. The molecule has 5 heterocycles. The zero-order valence-electron chi connectivity index (χ0n) is 15.3. The molecule has 4 aromatic rings. The fourth-order valence-corrected chi connectivity index (χ4v) is 5.57. The Bertz CT molecular complexity index is 1090. The number of thiophene rings is 2. The average molecular weight is 393 g/mol. The Morgan fingerprint density at radius 3 is 2.85 bits per heavy atom. The van der Waals surface area contributed by atoms with Crippen LogP contribution in [0.25, 0.3) is 20.9 Å². The predicted octanol–water partition coefficient (Wildman–Crippen LogP) is 5.77. The molecular formula is C21H20N4S2. The molecule has 136 valence electrons. The lowest BCUT2D eigenvalue weighted by Gasteiger charge is -2.27. The van der Waals surface area contributed by atoms with Gasteiger partial charge in [0.25, 0.3) is 0 Å². The molecule has 6 heteroatoms. The molecule has 0 spiro atoms. The van der Waals surface area contributed by atoms with Gasteiger partial charge in [-0.15, -0.1) is 22.7 Å². The van der Waals surface area contributed by atoms with Crippen molar-refractivity contribution in [2.75, 3.05) is 11.4 Å². The van der Waals surface area contributed by atoms with Gasteiger partial charge in [-0.25, -0.2) is 9.97 Å². The quantitative estimate of drug-likeness (QED) is 0.444. The maximum Gasteiger partial charge on any atom is 0.173 e. The van der Waals surface area contributed by atoms with Gasteiger partial charge in [-0.1, -0.05) is 12.1 Å². The third-order valence-corrected chi connectivity index (χ3v) is 7.31. The summed E-state index contributed by atoms with van der Waals surface area (Å²) in [5.74, 6) is 1.92. The summed E-state index contributed by atoms with van der Waals surface area (Å²) < 4.78 is 0. The molecule has 1 unspecified atom stereocenters. The van der Waals surface area contributed by atoms with Crippen molar-refractivity contribution in [3.63, 3.8) is 0 Å². The molecule has 5 rings (SSSR count). The Kier molecular flexibility index (Phi) is 4.17. The number of aryl methyl sites for hydroxylation is 2. The van der Waals surface area contributed by atoms with E-state index in [9.17, 15) is 0 Å². The highest BCUT2D eigenvalue weighted by Crippen LogP contribution is 2.42. The van der Waals surface area contributed by atoms with E-state index in [1.54, 1.807) is 22.7 Å². The summed E-state index contributed by atoms with van der Waals surface area (Å²) in [5.41, 5.74) is 2.57. The summed E-state index contributed by atoms with van der Waals surface area (Å²) in [4.78, 5) is 20.3. The third-order valence-electron chi connectivity index (χ3n) is 5.35. The normalized spacial score (nSPS) is 17.1. The van der Waals surface area contributed by atoms with Crippen molar-refractivity contribution >= 4 is 38.7 Å². The minimum Gasteiger partial charge on any atom is -0.349 e. The van der Waals surface area contributed by atoms with E-state index in [1.165, 1.54) is 27.8 Å². The van der Waals surface area contributed by atoms with E-state index in [0.29, 0.717) is 6.04 Å². The number of hydrogen-bond donors (Lipinski definition) is 0. The van der Waals surface area contributed by atoms with Crippen LogP contribution in [0.5, 0.6) is 0 Å². The molecule has 27 heavy (non-hydrogen) atoms. The summed E-state index contributed by atoms with van der Waals surface area (Å²) >= 11 is 3.47. The van der Waals surface area contributed by atoms with Crippen LogP contribution in [0.15, 0.2) is 42.0 Å². The van der Waals surface area contributed by atoms with Crippen molar-refractivity contribution < 1.29 is 0 Å². The fraction of sp³-hybridized carbons (Fsp3) is 0.286. The van der Waals surface area contributed by atoms with Crippen molar-refractivity contribution in [3.05, 3.63) is 58.0 Å². The van der Waals surface area contributed by atoms with Gasteiger partial charge in [0.1, 0.15) is 10.6 Å². The highest BCUT2D eigenvalue weighted by atomic mass is 32.1. The van der Waals surface area contributed by atoms with Crippen molar-refractivity contribution in [1.82, 2.24) is 15.0 Å². The maximum atomic E-state index is 5.09. The Morgan fingerprint density at radius 2 is 2.07 bits per heavy atom. The summed E-state index contributed by atoms with van der Waals surface area (Å²) in [6, 6.07) is 8.70. The molecular weight excluding hydrogens is 372 g/mol. The molecule has 4 nitrogen and oxygen atoms in total. The Labute approximate surface area is 166 Å². The van der Waals surface area contributed by atoms with Crippen LogP contribution in [0, 0.1) is 13.8 Å². The molecule has 1 aliphatic rings. The zero-order valence-corrected chi connectivity index (χ0v) is 17.0. The predicted molar refractivity (Wildman–Crippen MR) is 114 cm³/mol.